The number of methoxy groups -OCH3 is 1. The minimum Gasteiger partial charge on any atom is -0.385 e. The van der Waals surface area contributed by atoms with Crippen molar-refractivity contribution in [2.45, 2.75) is 19.9 Å². The number of aryl methyl sites for hydroxylation is 1. The monoisotopic (exact) mass is 313 g/mol. The van der Waals surface area contributed by atoms with Crippen LogP contribution in [-0.2, 0) is 11.3 Å². The maximum absolute atomic E-state index is 12.0. The maximum atomic E-state index is 12.0. The molecule has 0 unspecified atom stereocenters. The molecule has 2 aromatic rings. The lowest BCUT2D eigenvalue weighted by Crippen LogP contribution is -2.26. The van der Waals surface area contributed by atoms with E-state index < -0.39 is 0 Å². The Bertz CT molecular complexity index is 644. The zero-order valence-corrected chi connectivity index (χ0v) is 13.6. The van der Waals surface area contributed by atoms with Crippen molar-refractivity contribution in [3.63, 3.8) is 0 Å². The van der Waals surface area contributed by atoms with Crippen molar-refractivity contribution in [2.24, 2.45) is 0 Å². The van der Waals surface area contributed by atoms with E-state index in [-0.39, 0.29) is 5.91 Å². The largest absolute Gasteiger partial charge is 0.385 e. The number of rotatable bonds is 8. The third-order valence-electron chi connectivity index (χ3n) is 3.38. The predicted octanol–water partition coefficient (Wildman–Crippen LogP) is 2.77. The molecule has 0 bridgehead atoms. The second-order valence-electron chi connectivity index (χ2n) is 5.37. The Morgan fingerprint density at radius 2 is 2.13 bits per heavy atom. The van der Waals surface area contributed by atoms with E-state index in [1.165, 1.54) is 11.1 Å². The third kappa shape index (κ3) is 5.71. The lowest BCUT2D eigenvalue weighted by Gasteiger charge is -2.09. The maximum Gasteiger partial charge on any atom is 0.269 e. The quantitative estimate of drug-likeness (QED) is 0.736. The molecule has 5 heteroatoms. The fraction of sp³-hybridized carbons (Fsp3) is 0.333. The molecule has 0 fully saturated rings. The van der Waals surface area contributed by atoms with Crippen molar-refractivity contribution in [1.82, 2.24) is 10.3 Å². The molecule has 1 aromatic heterocycles. The van der Waals surface area contributed by atoms with Crippen LogP contribution in [0.2, 0.25) is 0 Å². The Balaban J connectivity index is 1.90. The first-order valence-corrected chi connectivity index (χ1v) is 7.71. The molecule has 0 aliphatic rings. The summed E-state index contributed by atoms with van der Waals surface area (Å²) in [6, 6.07) is 11.9. The van der Waals surface area contributed by atoms with E-state index in [4.69, 9.17) is 4.74 Å². The van der Waals surface area contributed by atoms with Crippen molar-refractivity contribution >= 4 is 11.6 Å². The number of benzene rings is 1. The number of pyridine rings is 1. The number of carbonyl (C=O) groups excluding carboxylic acids is 1. The van der Waals surface area contributed by atoms with E-state index in [9.17, 15) is 4.79 Å². The van der Waals surface area contributed by atoms with Gasteiger partial charge in [0.15, 0.2) is 0 Å². The van der Waals surface area contributed by atoms with E-state index in [0.717, 1.165) is 12.1 Å². The van der Waals surface area contributed by atoms with Crippen molar-refractivity contribution in [3.05, 3.63) is 59.4 Å². The van der Waals surface area contributed by atoms with Gasteiger partial charge in [0.05, 0.1) is 0 Å². The highest BCUT2D eigenvalue weighted by Gasteiger charge is 2.07. The van der Waals surface area contributed by atoms with E-state index in [1.807, 2.05) is 12.1 Å². The number of nitrogens with zero attached hydrogens (tertiary/aromatic N) is 1. The Morgan fingerprint density at radius 1 is 1.26 bits per heavy atom. The number of ether oxygens (including phenoxy) is 1. The van der Waals surface area contributed by atoms with Crippen LogP contribution in [0.1, 0.15) is 28.0 Å². The van der Waals surface area contributed by atoms with Crippen LogP contribution >= 0.6 is 0 Å². The summed E-state index contributed by atoms with van der Waals surface area (Å²) in [6.45, 7) is 3.99. The van der Waals surface area contributed by atoms with Crippen molar-refractivity contribution in [1.29, 1.82) is 0 Å². The molecular weight excluding hydrogens is 290 g/mol. The van der Waals surface area contributed by atoms with Crippen LogP contribution in [0.25, 0.3) is 0 Å². The second kappa shape index (κ2) is 8.90. The van der Waals surface area contributed by atoms with Gasteiger partial charge >= 0.3 is 0 Å². The van der Waals surface area contributed by atoms with Crippen molar-refractivity contribution < 1.29 is 9.53 Å². The topological polar surface area (TPSA) is 63.2 Å². The van der Waals surface area contributed by atoms with Crippen LogP contribution in [0, 0.1) is 6.92 Å². The Morgan fingerprint density at radius 3 is 2.91 bits per heavy atom. The highest BCUT2D eigenvalue weighted by Crippen LogP contribution is 2.11. The molecule has 1 aromatic carbocycles. The first kappa shape index (κ1) is 17.0. The Kier molecular flexibility index (Phi) is 6.56. The van der Waals surface area contributed by atoms with E-state index >= 15 is 0 Å². The number of aromatic nitrogens is 1. The molecular formula is C18H23N3O2. The summed E-state index contributed by atoms with van der Waals surface area (Å²) in [7, 11) is 1.65. The standard InChI is InChI=1S/C18H23N3O2/c1-14-5-3-6-15(11-14)13-21-16-7-9-19-17(12-16)18(22)20-8-4-10-23-2/h3,5-7,9,11-12H,4,8,10,13H2,1-2H3,(H,19,21)(H,20,22). The molecule has 0 radical (unpaired) electrons. The van der Waals surface area contributed by atoms with Gasteiger partial charge in [-0.2, -0.15) is 0 Å². The smallest absolute Gasteiger partial charge is 0.269 e. The van der Waals surface area contributed by atoms with Gasteiger partial charge < -0.3 is 15.4 Å². The number of carbonyl (C=O) groups is 1. The molecule has 0 aliphatic carbocycles. The Hall–Kier alpha value is -2.40. The summed E-state index contributed by atoms with van der Waals surface area (Å²) < 4.78 is 4.95. The molecule has 0 spiro atoms. The van der Waals surface area contributed by atoms with Crippen LogP contribution in [0.3, 0.4) is 0 Å². The highest BCUT2D eigenvalue weighted by atomic mass is 16.5. The first-order chi connectivity index (χ1) is 11.2. The molecule has 2 rings (SSSR count). The molecule has 0 atom stereocenters. The zero-order valence-electron chi connectivity index (χ0n) is 13.6. The van der Waals surface area contributed by atoms with Gasteiger partial charge in [0, 0.05) is 38.7 Å². The predicted molar refractivity (Wildman–Crippen MR) is 91.6 cm³/mol. The number of hydrogen-bond acceptors (Lipinski definition) is 4. The van der Waals surface area contributed by atoms with Crippen molar-refractivity contribution in [3.8, 4) is 0 Å². The first-order valence-electron chi connectivity index (χ1n) is 7.71. The van der Waals surface area contributed by atoms with Gasteiger partial charge in [0.1, 0.15) is 5.69 Å². The van der Waals surface area contributed by atoms with Crippen LogP contribution in [-0.4, -0.2) is 31.2 Å². The number of nitrogens with one attached hydrogen (secondary N) is 2. The van der Waals surface area contributed by atoms with Gasteiger partial charge in [-0.1, -0.05) is 29.8 Å². The lowest BCUT2D eigenvalue weighted by atomic mass is 10.1. The summed E-state index contributed by atoms with van der Waals surface area (Å²) in [5, 5.41) is 6.15. The highest BCUT2D eigenvalue weighted by molar-refractivity contribution is 5.93. The van der Waals surface area contributed by atoms with E-state index in [2.05, 4.69) is 40.7 Å². The second-order valence-corrected chi connectivity index (χ2v) is 5.37. The van der Waals surface area contributed by atoms with Crippen LogP contribution in [0.15, 0.2) is 42.6 Å². The molecule has 0 aliphatic heterocycles. The fourth-order valence-electron chi connectivity index (χ4n) is 2.20. The fourth-order valence-corrected chi connectivity index (χ4v) is 2.20. The summed E-state index contributed by atoms with van der Waals surface area (Å²) in [6.07, 6.45) is 2.43. The average molecular weight is 313 g/mol. The molecule has 1 heterocycles. The van der Waals surface area contributed by atoms with Gasteiger partial charge in [-0.05, 0) is 31.0 Å². The molecule has 0 saturated heterocycles. The molecule has 2 N–H and O–H groups in total. The Labute approximate surface area is 137 Å². The molecule has 23 heavy (non-hydrogen) atoms. The van der Waals surface area contributed by atoms with Gasteiger partial charge in [-0.3, -0.25) is 9.78 Å². The third-order valence-corrected chi connectivity index (χ3v) is 3.38. The van der Waals surface area contributed by atoms with Crippen LogP contribution in [0.4, 0.5) is 5.69 Å². The van der Waals surface area contributed by atoms with Crippen molar-refractivity contribution in [2.75, 3.05) is 25.6 Å². The van der Waals surface area contributed by atoms with Gasteiger partial charge in [0.25, 0.3) is 5.91 Å². The van der Waals surface area contributed by atoms with Crippen LogP contribution in [0.5, 0.6) is 0 Å². The summed E-state index contributed by atoms with van der Waals surface area (Å²) in [5.74, 6) is -0.166. The summed E-state index contributed by atoms with van der Waals surface area (Å²) in [4.78, 5) is 16.2. The lowest BCUT2D eigenvalue weighted by molar-refractivity contribution is 0.0943. The number of hydrogen-bond donors (Lipinski definition) is 2. The molecule has 122 valence electrons. The minimum atomic E-state index is -0.166. The van der Waals surface area contributed by atoms with Gasteiger partial charge in [-0.15, -0.1) is 0 Å². The molecule has 5 nitrogen and oxygen atoms in total. The van der Waals surface area contributed by atoms with E-state index in [0.29, 0.717) is 25.4 Å². The van der Waals surface area contributed by atoms with E-state index in [1.54, 1.807) is 19.4 Å². The minimum absolute atomic E-state index is 0.166. The summed E-state index contributed by atoms with van der Waals surface area (Å²) in [5.41, 5.74) is 3.72. The van der Waals surface area contributed by atoms with Crippen LogP contribution < -0.4 is 10.6 Å². The average Bonchev–Trinajstić information content (AvgIpc) is 2.57. The SMILES string of the molecule is COCCCNC(=O)c1cc(NCc2cccc(C)c2)ccn1. The summed E-state index contributed by atoms with van der Waals surface area (Å²) >= 11 is 0. The van der Waals surface area contributed by atoms with Gasteiger partial charge in [-0.25, -0.2) is 0 Å². The van der Waals surface area contributed by atoms with Gasteiger partial charge in [0.2, 0.25) is 0 Å². The molecule has 1 amide bonds. The number of amides is 1. The normalized spacial score (nSPS) is 10.3. The number of anilines is 1. The zero-order chi connectivity index (χ0) is 16.5. The molecule has 0 saturated carbocycles.